The zero-order chi connectivity index (χ0) is 13.8. The van der Waals surface area contributed by atoms with Crippen molar-refractivity contribution in [1.29, 1.82) is 0 Å². The Kier molecular flexibility index (Phi) is 4.70. The largest absolute Gasteiger partial charge is 0.396 e. The molecule has 0 saturated carbocycles. The molecule has 1 aromatic rings. The molecule has 0 amide bonds. The maximum absolute atomic E-state index is 13.4. The zero-order valence-corrected chi connectivity index (χ0v) is 9.98. The number of nitro groups is 1. The maximum atomic E-state index is 13.4. The van der Waals surface area contributed by atoms with Gasteiger partial charge in [0.25, 0.3) is 5.69 Å². The van der Waals surface area contributed by atoms with E-state index >= 15 is 0 Å². The Bertz CT molecular complexity index is 546. The zero-order valence-electron chi connectivity index (χ0n) is 9.17. The summed E-state index contributed by atoms with van der Waals surface area (Å²) in [5.41, 5.74) is -0.526. The summed E-state index contributed by atoms with van der Waals surface area (Å²) in [7, 11) is -4.06. The van der Waals surface area contributed by atoms with Gasteiger partial charge in [0.1, 0.15) is 10.7 Å². The van der Waals surface area contributed by atoms with Crippen LogP contribution in [0.2, 0.25) is 0 Å². The van der Waals surface area contributed by atoms with Crippen LogP contribution in [0, 0.1) is 15.9 Å². The fourth-order valence-corrected chi connectivity index (χ4v) is 2.32. The minimum Gasteiger partial charge on any atom is -0.396 e. The van der Waals surface area contributed by atoms with E-state index in [4.69, 9.17) is 5.11 Å². The highest BCUT2D eigenvalue weighted by Crippen LogP contribution is 2.20. The number of hydrogen-bond donors (Lipinski definition) is 2. The predicted molar refractivity (Wildman–Crippen MR) is 59.9 cm³/mol. The van der Waals surface area contributed by atoms with E-state index in [1.165, 1.54) is 0 Å². The van der Waals surface area contributed by atoms with Crippen molar-refractivity contribution in [2.45, 2.75) is 11.3 Å². The molecule has 0 radical (unpaired) electrons. The Labute approximate surface area is 102 Å². The first-order valence-electron chi connectivity index (χ1n) is 4.93. The van der Waals surface area contributed by atoms with E-state index in [-0.39, 0.29) is 19.6 Å². The quantitative estimate of drug-likeness (QED) is 0.444. The van der Waals surface area contributed by atoms with Crippen LogP contribution >= 0.6 is 0 Å². The van der Waals surface area contributed by atoms with Crippen molar-refractivity contribution in [2.75, 3.05) is 13.2 Å². The standard InChI is InChI=1S/C9H11FN2O5S/c10-8-6-7(12(14)15)2-3-9(8)18(16,17)11-4-1-5-13/h2-3,6,11,13H,1,4-5H2. The summed E-state index contributed by atoms with van der Waals surface area (Å²) in [5.74, 6) is -1.19. The van der Waals surface area contributed by atoms with Crippen LogP contribution in [0.25, 0.3) is 0 Å². The number of sulfonamides is 1. The lowest BCUT2D eigenvalue weighted by Crippen LogP contribution is -2.26. The molecule has 0 aliphatic carbocycles. The van der Waals surface area contributed by atoms with Crippen molar-refractivity contribution in [3.8, 4) is 0 Å². The monoisotopic (exact) mass is 278 g/mol. The van der Waals surface area contributed by atoms with Crippen molar-refractivity contribution < 1.29 is 22.8 Å². The Balaban J connectivity index is 2.99. The van der Waals surface area contributed by atoms with Crippen LogP contribution in [-0.4, -0.2) is 31.6 Å². The van der Waals surface area contributed by atoms with Gasteiger partial charge >= 0.3 is 0 Å². The highest BCUT2D eigenvalue weighted by Gasteiger charge is 2.21. The molecule has 0 bridgehead atoms. The molecular weight excluding hydrogens is 267 g/mol. The summed E-state index contributed by atoms with van der Waals surface area (Å²) in [6.45, 7) is -0.249. The van der Waals surface area contributed by atoms with E-state index in [0.717, 1.165) is 12.1 Å². The second-order valence-corrected chi connectivity index (χ2v) is 5.08. The van der Waals surface area contributed by atoms with Gasteiger partial charge in [-0.25, -0.2) is 17.5 Å². The molecule has 1 aromatic carbocycles. The smallest absolute Gasteiger partial charge is 0.272 e. The minimum atomic E-state index is -4.06. The maximum Gasteiger partial charge on any atom is 0.272 e. The Morgan fingerprint density at radius 1 is 1.44 bits per heavy atom. The van der Waals surface area contributed by atoms with Crippen molar-refractivity contribution >= 4 is 15.7 Å². The minimum absolute atomic E-state index is 0.0464. The molecule has 0 heterocycles. The molecule has 0 atom stereocenters. The Hall–Kier alpha value is -1.58. The number of non-ortho nitro benzene ring substituents is 1. The summed E-state index contributed by atoms with van der Waals surface area (Å²) in [6, 6.07) is 2.28. The normalized spacial score (nSPS) is 11.4. The van der Waals surface area contributed by atoms with Gasteiger partial charge in [0.2, 0.25) is 10.0 Å². The van der Waals surface area contributed by atoms with E-state index in [0.29, 0.717) is 6.07 Å². The molecule has 0 aromatic heterocycles. The third-order valence-corrected chi connectivity index (χ3v) is 3.54. The number of nitrogens with zero attached hydrogens (tertiary/aromatic N) is 1. The number of rotatable bonds is 6. The molecule has 0 aliphatic rings. The molecule has 0 saturated heterocycles. The molecule has 0 fully saturated rings. The lowest BCUT2D eigenvalue weighted by Gasteiger charge is -2.06. The summed E-state index contributed by atoms with van der Waals surface area (Å²) in [5, 5.41) is 18.9. The van der Waals surface area contributed by atoms with E-state index in [1.807, 2.05) is 0 Å². The van der Waals surface area contributed by atoms with E-state index in [1.54, 1.807) is 0 Å². The summed E-state index contributed by atoms with van der Waals surface area (Å²) >= 11 is 0. The highest BCUT2D eigenvalue weighted by atomic mass is 32.2. The van der Waals surface area contributed by atoms with Crippen molar-refractivity contribution in [1.82, 2.24) is 4.72 Å². The number of aliphatic hydroxyl groups is 1. The average molecular weight is 278 g/mol. The second kappa shape index (κ2) is 5.85. The van der Waals surface area contributed by atoms with Gasteiger partial charge in [0.15, 0.2) is 0 Å². The molecule has 0 aliphatic heterocycles. The molecule has 18 heavy (non-hydrogen) atoms. The first-order valence-corrected chi connectivity index (χ1v) is 6.41. The number of aliphatic hydroxyl groups excluding tert-OH is 1. The average Bonchev–Trinajstić information content (AvgIpc) is 2.28. The van der Waals surface area contributed by atoms with Crippen LogP contribution in [0.4, 0.5) is 10.1 Å². The summed E-state index contributed by atoms with van der Waals surface area (Å²) in [4.78, 5) is 8.89. The molecule has 7 nitrogen and oxygen atoms in total. The Morgan fingerprint density at radius 2 is 2.11 bits per heavy atom. The van der Waals surface area contributed by atoms with Gasteiger partial charge in [-0.05, 0) is 12.5 Å². The number of nitro benzene ring substituents is 1. The molecule has 1 rings (SSSR count). The van der Waals surface area contributed by atoms with Crippen LogP contribution in [0.15, 0.2) is 23.1 Å². The van der Waals surface area contributed by atoms with Crippen LogP contribution in [0.5, 0.6) is 0 Å². The summed E-state index contributed by atoms with van der Waals surface area (Å²) in [6.07, 6.45) is 0.188. The third-order valence-electron chi connectivity index (χ3n) is 2.04. The van der Waals surface area contributed by atoms with Gasteiger partial charge in [-0.15, -0.1) is 0 Å². The molecular formula is C9H11FN2O5S. The van der Waals surface area contributed by atoms with Gasteiger partial charge in [0, 0.05) is 19.2 Å². The fourth-order valence-electron chi connectivity index (χ4n) is 1.18. The number of halogens is 1. The molecule has 0 spiro atoms. The highest BCUT2D eigenvalue weighted by molar-refractivity contribution is 7.89. The number of benzene rings is 1. The lowest BCUT2D eigenvalue weighted by molar-refractivity contribution is -0.385. The van der Waals surface area contributed by atoms with Gasteiger partial charge in [-0.2, -0.15) is 0 Å². The molecule has 0 unspecified atom stereocenters. The van der Waals surface area contributed by atoms with E-state index in [2.05, 4.69) is 4.72 Å². The van der Waals surface area contributed by atoms with Gasteiger partial charge in [0.05, 0.1) is 11.0 Å². The first-order chi connectivity index (χ1) is 8.38. The van der Waals surface area contributed by atoms with Crippen LogP contribution in [0.3, 0.4) is 0 Å². The molecule has 9 heteroatoms. The van der Waals surface area contributed by atoms with Crippen molar-refractivity contribution in [3.05, 3.63) is 34.1 Å². The molecule has 2 N–H and O–H groups in total. The van der Waals surface area contributed by atoms with Crippen LogP contribution in [0.1, 0.15) is 6.42 Å². The van der Waals surface area contributed by atoms with Gasteiger partial charge < -0.3 is 5.11 Å². The third kappa shape index (κ3) is 3.45. The van der Waals surface area contributed by atoms with Gasteiger partial charge in [-0.3, -0.25) is 10.1 Å². The number of hydrogen-bond acceptors (Lipinski definition) is 5. The first kappa shape index (κ1) is 14.5. The predicted octanol–water partition coefficient (Wildman–Crippen LogP) is 0.395. The van der Waals surface area contributed by atoms with Gasteiger partial charge in [-0.1, -0.05) is 0 Å². The molecule has 100 valence electrons. The number of nitrogens with one attached hydrogen (secondary N) is 1. The fraction of sp³-hybridized carbons (Fsp3) is 0.333. The van der Waals surface area contributed by atoms with Crippen molar-refractivity contribution in [2.24, 2.45) is 0 Å². The topological polar surface area (TPSA) is 110 Å². The van der Waals surface area contributed by atoms with Crippen LogP contribution < -0.4 is 4.72 Å². The van der Waals surface area contributed by atoms with Crippen LogP contribution in [-0.2, 0) is 10.0 Å². The van der Waals surface area contributed by atoms with E-state index < -0.39 is 31.3 Å². The van der Waals surface area contributed by atoms with E-state index in [9.17, 15) is 22.9 Å². The summed E-state index contributed by atoms with van der Waals surface area (Å²) < 4.78 is 38.7. The van der Waals surface area contributed by atoms with Crippen molar-refractivity contribution in [3.63, 3.8) is 0 Å². The second-order valence-electron chi connectivity index (χ2n) is 3.35. The Morgan fingerprint density at radius 3 is 2.61 bits per heavy atom. The lowest BCUT2D eigenvalue weighted by atomic mass is 10.3. The SMILES string of the molecule is O=[N+]([O-])c1ccc(S(=O)(=O)NCCCO)c(F)c1.